The van der Waals surface area contributed by atoms with Gasteiger partial charge in [-0.1, -0.05) is 56.2 Å². The molecule has 1 heterocycles. The Morgan fingerprint density at radius 2 is 1.69 bits per heavy atom. The van der Waals surface area contributed by atoms with Gasteiger partial charge < -0.3 is 0 Å². The summed E-state index contributed by atoms with van der Waals surface area (Å²) in [6, 6.07) is 11.2. The zero-order valence-corrected chi connectivity index (χ0v) is 19.0. The van der Waals surface area contributed by atoms with Crippen molar-refractivity contribution >= 4 is 13.2 Å². The third-order valence-electron chi connectivity index (χ3n) is 7.95. The largest absolute Gasteiger partial charge is 0.299 e. The van der Waals surface area contributed by atoms with Crippen LogP contribution in [-0.4, -0.2) is 41.3 Å². The molecular formula is C24H35N2O2P. The highest BCUT2D eigenvalue weighted by molar-refractivity contribution is 7.62. The Morgan fingerprint density at radius 1 is 1.07 bits per heavy atom. The lowest BCUT2D eigenvalue weighted by atomic mass is 9.73. The molecule has 2 aliphatic carbocycles. The van der Waals surface area contributed by atoms with Crippen molar-refractivity contribution in [2.75, 3.05) is 14.1 Å². The Morgan fingerprint density at radius 3 is 2.31 bits per heavy atom. The van der Waals surface area contributed by atoms with Crippen LogP contribution >= 0.6 is 7.44 Å². The molecule has 4 rings (SSSR count). The minimum Gasteiger partial charge on any atom is -0.299 e. The van der Waals surface area contributed by atoms with Crippen LogP contribution < -0.4 is 0 Å². The molecule has 1 aromatic carbocycles. The predicted octanol–water partition coefficient (Wildman–Crippen LogP) is 5.50. The van der Waals surface area contributed by atoms with Gasteiger partial charge in [-0.05, 0) is 57.7 Å². The Hall–Kier alpha value is -1.22. The summed E-state index contributed by atoms with van der Waals surface area (Å²) in [5.74, 6) is 2.68. The highest BCUT2D eigenvalue weighted by atomic mass is 31.2. The number of Topliss-reactive ketones (excluding diaryl/α,β-unsaturated/α-hetero) is 1. The number of carbonyl (C=O) groups excluding carboxylic acids is 1. The molecule has 0 N–H and O–H groups in total. The number of benzene rings is 1. The van der Waals surface area contributed by atoms with E-state index in [4.69, 9.17) is 0 Å². The van der Waals surface area contributed by atoms with E-state index in [1.54, 1.807) is 0 Å². The number of ketones is 1. The number of rotatable bonds is 5. The van der Waals surface area contributed by atoms with Gasteiger partial charge in [0, 0.05) is 29.7 Å². The van der Waals surface area contributed by atoms with Crippen LogP contribution in [0.15, 0.2) is 42.2 Å². The van der Waals surface area contributed by atoms with Crippen molar-refractivity contribution in [2.45, 2.75) is 70.4 Å². The summed E-state index contributed by atoms with van der Waals surface area (Å²) in [6.45, 7) is 2.14. The molecule has 5 heteroatoms. The van der Waals surface area contributed by atoms with Crippen molar-refractivity contribution < 1.29 is 9.36 Å². The Bertz CT molecular complexity index is 801. The number of hydrogen-bond donors (Lipinski definition) is 0. The van der Waals surface area contributed by atoms with Gasteiger partial charge in [-0.25, -0.2) is 9.34 Å². The summed E-state index contributed by atoms with van der Waals surface area (Å²) in [5.41, 5.74) is 0.910. The van der Waals surface area contributed by atoms with Gasteiger partial charge in [-0.15, -0.1) is 0 Å². The molecule has 0 spiro atoms. The van der Waals surface area contributed by atoms with Gasteiger partial charge in [-0.3, -0.25) is 9.36 Å². The second kappa shape index (κ2) is 8.13. The molecule has 1 saturated heterocycles. The predicted molar refractivity (Wildman–Crippen MR) is 119 cm³/mol. The maximum Gasteiger partial charge on any atom is 0.238 e. The number of likely N-dealkylation sites (N-methyl/N-ethyl adjacent to an activating group) is 2. The topological polar surface area (TPSA) is 40.6 Å². The number of carbonyl (C=O) groups is 1. The average molecular weight is 415 g/mol. The van der Waals surface area contributed by atoms with Gasteiger partial charge in [0.25, 0.3) is 0 Å². The quantitative estimate of drug-likeness (QED) is 0.597. The first-order chi connectivity index (χ1) is 13.9. The van der Waals surface area contributed by atoms with E-state index in [0.717, 1.165) is 32.1 Å². The Kier molecular flexibility index (Phi) is 5.90. The molecule has 2 saturated carbocycles. The van der Waals surface area contributed by atoms with Crippen molar-refractivity contribution in [1.82, 2.24) is 9.34 Å². The molecular weight excluding hydrogens is 379 g/mol. The van der Waals surface area contributed by atoms with E-state index in [1.807, 2.05) is 38.1 Å². The van der Waals surface area contributed by atoms with Gasteiger partial charge in [0.15, 0.2) is 0 Å². The van der Waals surface area contributed by atoms with E-state index in [-0.39, 0.29) is 5.41 Å². The molecule has 0 amide bonds. The molecule has 3 fully saturated rings. The van der Waals surface area contributed by atoms with E-state index in [1.165, 1.54) is 18.4 Å². The summed E-state index contributed by atoms with van der Waals surface area (Å²) in [5, 5.41) is 0. The standard InChI is InChI=1S/C24H35N2O2P/c1-24(18-19-10-5-4-6-11-19)20(15-16-23(24)27)12-9-17-29(28)25(2)21-13-7-8-14-22(21)26(29)3/h4-6,9-11,17,20-22H,7-8,12-16,18H2,1-3H3/b17-9+/t20-,21-,22-,24+/m1/s1. The minimum atomic E-state index is -2.64. The second-order valence-corrected chi connectivity index (χ2v) is 12.3. The highest BCUT2D eigenvalue weighted by Crippen LogP contribution is 2.63. The maximum atomic E-state index is 13.8. The van der Waals surface area contributed by atoms with E-state index >= 15 is 0 Å². The van der Waals surface area contributed by atoms with Crippen LogP contribution in [0.1, 0.15) is 57.4 Å². The van der Waals surface area contributed by atoms with Crippen molar-refractivity contribution in [2.24, 2.45) is 11.3 Å². The van der Waals surface area contributed by atoms with Crippen LogP contribution in [0.3, 0.4) is 0 Å². The zero-order chi connectivity index (χ0) is 20.6. The number of allylic oxidation sites excluding steroid dienone is 1. The smallest absolute Gasteiger partial charge is 0.238 e. The fraction of sp³-hybridized carbons (Fsp3) is 0.625. The molecule has 3 aliphatic rings. The second-order valence-electron chi connectivity index (χ2n) is 9.51. The molecule has 29 heavy (non-hydrogen) atoms. The normalized spacial score (nSPS) is 35.4. The summed E-state index contributed by atoms with van der Waals surface area (Å²) in [6.07, 6.45) is 10.1. The summed E-state index contributed by atoms with van der Waals surface area (Å²) in [7, 11) is 1.44. The fourth-order valence-electron chi connectivity index (χ4n) is 5.96. The van der Waals surface area contributed by atoms with Crippen LogP contribution in [0.2, 0.25) is 0 Å². The Balaban J connectivity index is 1.48. The van der Waals surface area contributed by atoms with Crippen LogP contribution in [0.25, 0.3) is 0 Å². The SMILES string of the molecule is CN1[C@@H]2CCCC[C@H]2N(C)P1(=O)/C=C/C[C@@H]1CCC(=O)[C@@]1(C)Cc1ccccc1. The first-order valence-electron chi connectivity index (χ1n) is 11.2. The zero-order valence-electron chi connectivity index (χ0n) is 18.1. The van der Waals surface area contributed by atoms with Crippen molar-refractivity contribution in [1.29, 1.82) is 0 Å². The summed E-state index contributed by atoms with van der Waals surface area (Å²) in [4.78, 5) is 12.8. The van der Waals surface area contributed by atoms with E-state index < -0.39 is 7.44 Å². The van der Waals surface area contributed by atoms with E-state index in [2.05, 4.69) is 34.5 Å². The van der Waals surface area contributed by atoms with E-state index in [9.17, 15) is 9.36 Å². The number of nitrogens with zero attached hydrogens (tertiary/aromatic N) is 2. The molecule has 0 aromatic heterocycles. The average Bonchev–Trinajstić information content (AvgIpc) is 3.10. The lowest BCUT2D eigenvalue weighted by Crippen LogP contribution is -2.37. The van der Waals surface area contributed by atoms with Crippen molar-refractivity contribution in [3.8, 4) is 0 Å². The third kappa shape index (κ3) is 3.69. The molecule has 4 atom stereocenters. The van der Waals surface area contributed by atoms with Crippen LogP contribution in [0, 0.1) is 11.3 Å². The lowest BCUT2D eigenvalue weighted by molar-refractivity contribution is -0.126. The summed E-state index contributed by atoms with van der Waals surface area (Å²) >= 11 is 0. The fourth-order valence-corrected chi connectivity index (χ4v) is 8.61. The molecule has 1 aromatic rings. The monoisotopic (exact) mass is 414 g/mol. The Labute approximate surface area is 175 Å². The highest BCUT2D eigenvalue weighted by Gasteiger charge is 2.50. The number of fused-ring (bicyclic) bond motifs is 1. The first kappa shape index (κ1) is 21.0. The number of hydrogen-bond acceptors (Lipinski definition) is 2. The van der Waals surface area contributed by atoms with Crippen LogP contribution in [0.4, 0.5) is 0 Å². The summed E-state index contributed by atoms with van der Waals surface area (Å²) < 4.78 is 18.1. The van der Waals surface area contributed by atoms with Crippen molar-refractivity contribution in [3.05, 3.63) is 47.8 Å². The molecule has 1 aliphatic heterocycles. The molecule has 0 bridgehead atoms. The van der Waals surface area contributed by atoms with Gasteiger partial charge in [0.05, 0.1) is 0 Å². The third-order valence-corrected chi connectivity index (χ3v) is 11.0. The lowest BCUT2D eigenvalue weighted by Gasteiger charge is -2.30. The van der Waals surface area contributed by atoms with Gasteiger partial charge in [0.2, 0.25) is 7.44 Å². The van der Waals surface area contributed by atoms with Crippen molar-refractivity contribution in [3.63, 3.8) is 0 Å². The van der Waals surface area contributed by atoms with Gasteiger partial charge in [-0.2, -0.15) is 0 Å². The van der Waals surface area contributed by atoms with Crippen LogP contribution in [-0.2, 0) is 15.8 Å². The van der Waals surface area contributed by atoms with Crippen LogP contribution in [0.5, 0.6) is 0 Å². The molecule has 0 unspecified atom stereocenters. The van der Waals surface area contributed by atoms with Gasteiger partial charge in [0.1, 0.15) is 5.78 Å². The van der Waals surface area contributed by atoms with E-state index in [0.29, 0.717) is 30.2 Å². The molecule has 4 nitrogen and oxygen atoms in total. The maximum absolute atomic E-state index is 13.8. The molecule has 158 valence electrons. The van der Waals surface area contributed by atoms with Gasteiger partial charge >= 0.3 is 0 Å². The first-order valence-corrected chi connectivity index (χ1v) is 12.9. The minimum absolute atomic E-state index is 0.318. The molecule has 0 radical (unpaired) electrons.